The second-order valence-electron chi connectivity index (χ2n) is 15.7. The number of rotatable bonds is 37. The van der Waals surface area contributed by atoms with Gasteiger partial charge in [-0.05, 0) is 64.2 Å². The highest BCUT2D eigenvalue weighted by Gasteiger charge is 2.48. The molecule has 0 spiro atoms. The van der Waals surface area contributed by atoms with Crippen molar-refractivity contribution >= 4 is 16.3 Å². The van der Waals surface area contributed by atoms with Gasteiger partial charge in [-0.25, -0.2) is 4.18 Å². The van der Waals surface area contributed by atoms with Gasteiger partial charge < -0.3 is 40.3 Å². The standard InChI is InChI=1S/C45H81NO12S/c1-3-5-7-9-11-13-15-16-17-18-19-20-21-22-23-24-26-28-30-32-34-39(49)44(52)46-37(38(48)33-31-29-27-25-14-12-10-8-6-4-2)36-56-45-42(51)43(58-59(53,54)55)41(50)40(35-47)57-45/h6,8,14,20-21,25,31,33,37-43,45,47-51H,3-5,7,9-13,15-19,22-24,26-30,32,34-36H2,1-2H3,(H,46,52)(H,53,54,55)/b8-6+,21-20-,25-14+,33-31+. The summed E-state index contributed by atoms with van der Waals surface area (Å²) in [7, 11) is -5.12. The van der Waals surface area contributed by atoms with E-state index in [0.717, 1.165) is 70.6 Å². The summed E-state index contributed by atoms with van der Waals surface area (Å²) in [6.07, 6.45) is 30.8. The molecule has 344 valence electrons. The zero-order chi connectivity index (χ0) is 43.6. The summed E-state index contributed by atoms with van der Waals surface area (Å²) in [5.74, 6) is -0.725. The van der Waals surface area contributed by atoms with Crippen LogP contribution in [0.2, 0.25) is 0 Å². The van der Waals surface area contributed by atoms with E-state index in [0.29, 0.717) is 12.8 Å². The first kappa shape index (κ1) is 55.0. The zero-order valence-electron chi connectivity index (χ0n) is 36.2. The van der Waals surface area contributed by atoms with Gasteiger partial charge in [0, 0.05) is 0 Å². The normalized spacial score (nSPS) is 21.9. The molecule has 1 saturated heterocycles. The van der Waals surface area contributed by atoms with E-state index in [4.69, 9.17) is 14.0 Å². The Morgan fingerprint density at radius 3 is 1.71 bits per heavy atom. The third kappa shape index (κ3) is 28.3. The van der Waals surface area contributed by atoms with E-state index in [1.807, 2.05) is 6.08 Å². The summed E-state index contributed by atoms with van der Waals surface area (Å²) < 4.78 is 47.3. The molecule has 14 heteroatoms. The Balaban J connectivity index is 2.54. The van der Waals surface area contributed by atoms with Gasteiger partial charge in [-0.3, -0.25) is 9.35 Å². The molecule has 59 heavy (non-hydrogen) atoms. The number of allylic oxidation sites excluding steroid dienone is 7. The summed E-state index contributed by atoms with van der Waals surface area (Å²) in [4.78, 5) is 13.1. The van der Waals surface area contributed by atoms with E-state index in [2.05, 4.69) is 53.7 Å². The van der Waals surface area contributed by atoms with Gasteiger partial charge in [0.15, 0.2) is 6.29 Å². The molecular formula is C45H81NO12S. The summed E-state index contributed by atoms with van der Waals surface area (Å²) in [6, 6.07) is -1.14. The Hall–Kier alpha value is -1.98. The number of hydrogen-bond donors (Lipinski definition) is 7. The second kappa shape index (κ2) is 35.6. The van der Waals surface area contributed by atoms with Crippen molar-refractivity contribution in [1.82, 2.24) is 5.32 Å². The zero-order valence-corrected chi connectivity index (χ0v) is 37.0. The quantitative estimate of drug-likeness (QED) is 0.0184. The molecule has 0 saturated carbocycles. The van der Waals surface area contributed by atoms with Crippen molar-refractivity contribution in [2.75, 3.05) is 13.2 Å². The lowest BCUT2D eigenvalue weighted by atomic mass is 9.99. The first-order valence-corrected chi connectivity index (χ1v) is 24.0. The Bertz CT molecular complexity index is 1260. The predicted octanol–water partition coefficient (Wildman–Crippen LogP) is 7.46. The van der Waals surface area contributed by atoms with Gasteiger partial charge in [0.1, 0.15) is 30.5 Å². The van der Waals surface area contributed by atoms with Crippen molar-refractivity contribution in [2.45, 2.75) is 217 Å². The van der Waals surface area contributed by atoms with Gasteiger partial charge in [-0.1, -0.05) is 152 Å². The van der Waals surface area contributed by atoms with Crippen LogP contribution in [0.1, 0.15) is 168 Å². The monoisotopic (exact) mass is 860 g/mol. The fourth-order valence-electron chi connectivity index (χ4n) is 6.85. The highest BCUT2D eigenvalue weighted by molar-refractivity contribution is 7.80. The molecule has 1 aliphatic heterocycles. The lowest BCUT2D eigenvalue weighted by Crippen LogP contribution is -2.61. The summed E-state index contributed by atoms with van der Waals surface area (Å²) >= 11 is 0. The minimum absolute atomic E-state index is 0.225. The number of aliphatic hydroxyl groups is 5. The topological polar surface area (TPSA) is 212 Å². The van der Waals surface area contributed by atoms with E-state index >= 15 is 0 Å². The van der Waals surface area contributed by atoms with Crippen LogP contribution in [0.25, 0.3) is 0 Å². The summed E-state index contributed by atoms with van der Waals surface area (Å²) in [5.41, 5.74) is 0. The molecule has 7 N–H and O–H groups in total. The van der Waals surface area contributed by atoms with Crippen LogP contribution in [-0.4, -0.2) is 107 Å². The molecule has 1 heterocycles. The minimum atomic E-state index is -5.12. The van der Waals surface area contributed by atoms with Crippen LogP contribution in [0.15, 0.2) is 48.6 Å². The SMILES string of the molecule is CC/C=C/CC/C=C/CC/C=C/C(O)C(COC1OC(CO)C(O)C(OS(=O)(=O)O)C1O)NC(=O)C(O)CCCCCCCC/C=C\CCCCCCCCCCCC. The highest BCUT2D eigenvalue weighted by atomic mass is 32.3. The number of carbonyl (C=O) groups excluding carboxylic acids is 1. The van der Waals surface area contributed by atoms with Gasteiger partial charge in [-0.15, -0.1) is 0 Å². The molecule has 0 aromatic carbocycles. The smallest absolute Gasteiger partial charge is 0.394 e. The lowest BCUT2D eigenvalue weighted by molar-refractivity contribution is -0.298. The molecule has 1 rings (SSSR count). The number of ether oxygens (including phenoxy) is 2. The maximum Gasteiger partial charge on any atom is 0.397 e. The average molecular weight is 860 g/mol. The fraction of sp³-hybridized carbons (Fsp3) is 0.800. The van der Waals surface area contributed by atoms with Crippen LogP contribution >= 0.6 is 0 Å². The van der Waals surface area contributed by atoms with Crippen molar-refractivity contribution in [3.8, 4) is 0 Å². The molecule has 0 bridgehead atoms. The van der Waals surface area contributed by atoms with Crippen LogP contribution < -0.4 is 5.32 Å². The molecule has 0 aromatic heterocycles. The molecule has 1 amide bonds. The molecule has 13 nitrogen and oxygen atoms in total. The Morgan fingerprint density at radius 1 is 0.695 bits per heavy atom. The number of amides is 1. The van der Waals surface area contributed by atoms with Crippen LogP contribution in [0.3, 0.4) is 0 Å². The number of unbranched alkanes of at least 4 members (excludes halogenated alkanes) is 18. The average Bonchev–Trinajstić information content (AvgIpc) is 3.20. The van der Waals surface area contributed by atoms with Gasteiger partial charge in [0.2, 0.25) is 5.91 Å². The van der Waals surface area contributed by atoms with Crippen molar-refractivity contribution in [1.29, 1.82) is 0 Å². The van der Waals surface area contributed by atoms with Crippen molar-refractivity contribution in [3.05, 3.63) is 48.6 Å². The molecule has 8 unspecified atom stereocenters. The Morgan fingerprint density at radius 2 is 1.19 bits per heavy atom. The predicted molar refractivity (Wildman–Crippen MR) is 233 cm³/mol. The maximum absolute atomic E-state index is 13.1. The Kier molecular flexibility index (Phi) is 33.2. The van der Waals surface area contributed by atoms with E-state index in [1.54, 1.807) is 6.08 Å². The Labute approximate surface area is 356 Å². The van der Waals surface area contributed by atoms with E-state index in [-0.39, 0.29) is 6.42 Å². The van der Waals surface area contributed by atoms with Crippen molar-refractivity contribution in [2.24, 2.45) is 0 Å². The van der Waals surface area contributed by atoms with Crippen molar-refractivity contribution in [3.63, 3.8) is 0 Å². The number of aliphatic hydroxyl groups excluding tert-OH is 5. The van der Waals surface area contributed by atoms with Gasteiger partial charge >= 0.3 is 10.4 Å². The molecule has 1 aliphatic rings. The van der Waals surface area contributed by atoms with Crippen molar-refractivity contribution < 1.29 is 57.0 Å². The molecule has 0 aromatic rings. The van der Waals surface area contributed by atoms with Gasteiger partial charge in [0.05, 0.1) is 25.4 Å². The van der Waals surface area contributed by atoms with Crippen LogP contribution in [-0.2, 0) is 28.9 Å². The van der Waals surface area contributed by atoms with E-state index in [9.17, 15) is 38.7 Å². The molecule has 0 aliphatic carbocycles. The van der Waals surface area contributed by atoms with Gasteiger partial charge in [-0.2, -0.15) is 8.42 Å². The first-order valence-electron chi connectivity index (χ1n) is 22.6. The van der Waals surface area contributed by atoms with Crippen LogP contribution in [0.4, 0.5) is 0 Å². The number of hydrogen-bond acceptors (Lipinski definition) is 11. The molecule has 0 radical (unpaired) electrons. The third-order valence-corrected chi connectivity index (χ3v) is 10.9. The van der Waals surface area contributed by atoms with E-state index < -0.39 is 78.5 Å². The summed E-state index contributed by atoms with van der Waals surface area (Å²) in [6.45, 7) is 3.05. The molecular weight excluding hydrogens is 779 g/mol. The van der Waals surface area contributed by atoms with E-state index in [1.165, 1.54) is 70.3 Å². The number of carbonyl (C=O) groups is 1. The second-order valence-corrected chi connectivity index (χ2v) is 16.8. The maximum atomic E-state index is 13.1. The largest absolute Gasteiger partial charge is 0.397 e. The van der Waals surface area contributed by atoms with Crippen LogP contribution in [0, 0.1) is 0 Å². The highest BCUT2D eigenvalue weighted by Crippen LogP contribution is 2.26. The number of nitrogens with one attached hydrogen (secondary N) is 1. The minimum Gasteiger partial charge on any atom is -0.394 e. The molecule has 1 fully saturated rings. The first-order chi connectivity index (χ1) is 28.4. The lowest BCUT2D eigenvalue weighted by Gasteiger charge is -2.41. The fourth-order valence-corrected chi connectivity index (χ4v) is 7.35. The van der Waals surface area contributed by atoms with Crippen LogP contribution in [0.5, 0.6) is 0 Å². The third-order valence-electron chi connectivity index (χ3n) is 10.4. The summed E-state index contributed by atoms with van der Waals surface area (Å²) in [5, 5.41) is 55.0. The van der Waals surface area contributed by atoms with Gasteiger partial charge in [0.25, 0.3) is 0 Å². The molecule has 8 atom stereocenters.